The molecule has 2 aromatic carbocycles. The Bertz CT molecular complexity index is 563. The van der Waals surface area contributed by atoms with Gasteiger partial charge in [0.2, 0.25) is 0 Å². The molecule has 0 bridgehead atoms. The van der Waals surface area contributed by atoms with Crippen molar-refractivity contribution in [3.05, 3.63) is 65.7 Å². The molecule has 0 aliphatic rings. The maximum Gasteiger partial charge on any atom is 0.414 e. The summed E-state index contributed by atoms with van der Waals surface area (Å²) >= 11 is 0. The van der Waals surface area contributed by atoms with E-state index in [1.54, 1.807) is 7.05 Å². The van der Waals surface area contributed by atoms with Crippen molar-refractivity contribution in [3.8, 4) is 0 Å². The van der Waals surface area contributed by atoms with Crippen LogP contribution in [-0.4, -0.2) is 13.1 Å². The number of anilines is 1. The van der Waals surface area contributed by atoms with Crippen LogP contribution in [0.2, 0.25) is 0 Å². The van der Waals surface area contributed by atoms with Crippen LogP contribution in [0.5, 0.6) is 0 Å². The van der Waals surface area contributed by atoms with Crippen LogP contribution < -0.4 is 4.90 Å². The van der Waals surface area contributed by atoms with E-state index in [1.807, 2.05) is 68.4 Å². The maximum absolute atomic E-state index is 12.1. The Balaban J connectivity index is 2.02. The summed E-state index contributed by atoms with van der Waals surface area (Å²) in [7, 11) is 1.71. The van der Waals surface area contributed by atoms with E-state index in [-0.39, 0.29) is 12.2 Å². The average Bonchev–Trinajstić information content (AvgIpc) is 2.48. The Morgan fingerprint density at radius 3 is 2.25 bits per heavy atom. The standard InChI is InChI=1S/C17H19NO2/c1-13-9-11-16(12-10-13)18(3)17(19)20-14(2)15-7-5-4-6-8-15/h4-12,14H,1-3H3. The molecule has 0 radical (unpaired) electrons. The highest BCUT2D eigenvalue weighted by Gasteiger charge is 2.16. The minimum atomic E-state index is -0.356. The van der Waals surface area contributed by atoms with Crippen molar-refractivity contribution in [2.75, 3.05) is 11.9 Å². The predicted octanol–water partition coefficient (Wildman–Crippen LogP) is 4.33. The van der Waals surface area contributed by atoms with Crippen LogP contribution in [-0.2, 0) is 4.74 Å². The van der Waals surface area contributed by atoms with E-state index in [9.17, 15) is 4.79 Å². The molecule has 0 heterocycles. The van der Waals surface area contributed by atoms with Crippen molar-refractivity contribution in [2.45, 2.75) is 20.0 Å². The fraction of sp³-hybridized carbons (Fsp3) is 0.235. The van der Waals surface area contributed by atoms with Crippen molar-refractivity contribution in [2.24, 2.45) is 0 Å². The van der Waals surface area contributed by atoms with Gasteiger partial charge in [0.1, 0.15) is 6.10 Å². The topological polar surface area (TPSA) is 29.5 Å². The molecule has 1 unspecified atom stereocenters. The van der Waals surface area contributed by atoms with E-state index in [2.05, 4.69) is 0 Å². The molecule has 3 heteroatoms. The number of aryl methyl sites for hydroxylation is 1. The second kappa shape index (κ2) is 6.24. The maximum atomic E-state index is 12.1. The molecule has 0 aliphatic carbocycles. The number of carbonyl (C=O) groups is 1. The molecule has 104 valence electrons. The van der Waals surface area contributed by atoms with Crippen LogP contribution in [0.15, 0.2) is 54.6 Å². The summed E-state index contributed by atoms with van der Waals surface area (Å²) < 4.78 is 5.47. The molecule has 1 amide bonds. The Labute approximate surface area is 119 Å². The van der Waals surface area contributed by atoms with E-state index in [4.69, 9.17) is 4.74 Å². The van der Waals surface area contributed by atoms with Crippen LogP contribution >= 0.6 is 0 Å². The highest BCUT2D eigenvalue weighted by Crippen LogP contribution is 2.20. The van der Waals surface area contributed by atoms with Gasteiger partial charge < -0.3 is 4.74 Å². The zero-order chi connectivity index (χ0) is 14.5. The SMILES string of the molecule is Cc1ccc(N(C)C(=O)OC(C)c2ccccc2)cc1. The number of hydrogen-bond donors (Lipinski definition) is 0. The first-order valence-corrected chi connectivity index (χ1v) is 6.64. The summed E-state index contributed by atoms with van der Waals surface area (Å²) in [5.74, 6) is 0. The number of hydrogen-bond acceptors (Lipinski definition) is 2. The number of rotatable bonds is 3. The van der Waals surface area contributed by atoms with Crippen molar-refractivity contribution in [1.82, 2.24) is 0 Å². The van der Waals surface area contributed by atoms with Gasteiger partial charge in [-0.25, -0.2) is 4.79 Å². The van der Waals surface area contributed by atoms with E-state index in [1.165, 1.54) is 4.90 Å². The molecule has 0 saturated heterocycles. The Kier molecular flexibility index (Phi) is 4.41. The van der Waals surface area contributed by atoms with Gasteiger partial charge in [-0.3, -0.25) is 4.90 Å². The normalized spacial score (nSPS) is 11.8. The first kappa shape index (κ1) is 14.1. The summed E-state index contributed by atoms with van der Waals surface area (Å²) in [6.07, 6.45) is -0.623. The van der Waals surface area contributed by atoms with Gasteiger partial charge in [0.05, 0.1) is 0 Å². The van der Waals surface area contributed by atoms with Crippen LogP contribution in [0.4, 0.5) is 10.5 Å². The molecule has 0 saturated carbocycles. The summed E-state index contributed by atoms with van der Waals surface area (Å²) in [6.45, 7) is 3.88. The first-order chi connectivity index (χ1) is 9.58. The van der Waals surface area contributed by atoms with Crippen molar-refractivity contribution >= 4 is 11.8 Å². The van der Waals surface area contributed by atoms with E-state index in [0.29, 0.717) is 0 Å². The fourth-order valence-electron chi connectivity index (χ4n) is 1.90. The Morgan fingerprint density at radius 1 is 1.05 bits per heavy atom. The van der Waals surface area contributed by atoms with Crippen LogP contribution in [0.3, 0.4) is 0 Å². The lowest BCUT2D eigenvalue weighted by molar-refractivity contribution is 0.115. The largest absolute Gasteiger partial charge is 0.441 e. The lowest BCUT2D eigenvalue weighted by atomic mass is 10.1. The third kappa shape index (κ3) is 3.38. The van der Waals surface area contributed by atoms with Crippen molar-refractivity contribution in [1.29, 1.82) is 0 Å². The zero-order valence-electron chi connectivity index (χ0n) is 12.0. The molecule has 1 atom stereocenters. The molecular weight excluding hydrogens is 250 g/mol. The van der Waals surface area contributed by atoms with E-state index >= 15 is 0 Å². The molecule has 2 rings (SSSR count). The van der Waals surface area contributed by atoms with E-state index in [0.717, 1.165) is 16.8 Å². The molecule has 20 heavy (non-hydrogen) atoms. The number of carbonyl (C=O) groups excluding carboxylic acids is 1. The van der Waals surface area contributed by atoms with E-state index < -0.39 is 0 Å². The zero-order valence-corrected chi connectivity index (χ0v) is 12.0. The van der Waals surface area contributed by atoms with Gasteiger partial charge in [-0.15, -0.1) is 0 Å². The number of nitrogens with zero attached hydrogens (tertiary/aromatic N) is 1. The van der Waals surface area contributed by atoms with Crippen molar-refractivity contribution in [3.63, 3.8) is 0 Å². The third-order valence-corrected chi connectivity index (χ3v) is 3.24. The summed E-state index contributed by atoms with van der Waals surface area (Å²) in [6, 6.07) is 17.5. The Morgan fingerprint density at radius 2 is 1.65 bits per heavy atom. The highest BCUT2D eigenvalue weighted by molar-refractivity contribution is 5.87. The predicted molar refractivity (Wildman–Crippen MR) is 80.9 cm³/mol. The van der Waals surface area contributed by atoms with Gasteiger partial charge in [0, 0.05) is 12.7 Å². The second-order valence-electron chi connectivity index (χ2n) is 4.83. The van der Waals surface area contributed by atoms with Crippen LogP contribution in [0.1, 0.15) is 24.2 Å². The second-order valence-corrected chi connectivity index (χ2v) is 4.83. The van der Waals surface area contributed by atoms with Gasteiger partial charge in [0.15, 0.2) is 0 Å². The molecule has 0 spiro atoms. The van der Waals surface area contributed by atoms with Gasteiger partial charge in [0.25, 0.3) is 0 Å². The molecule has 2 aromatic rings. The minimum absolute atomic E-state index is 0.267. The van der Waals surface area contributed by atoms with Gasteiger partial charge in [-0.2, -0.15) is 0 Å². The molecular formula is C17H19NO2. The lowest BCUT2D eigenvalue weighted by Gasteiger charge is -2.20. The van der Waals surface area contributed by atoms with Crippen molar-refractivity contribution < 1.29 is 9.53 Å². The average molecular weight is 269 g/mol. The highest BCUT2D eigenvalue weighted by atomic mass is 16.6. The van der Waals surface area contributed by atoms with Gasteiger partial charge in [-0.05, 0) is 31.5 Å². The molecule has 0 N–H and O–H groups in total. The smallest absolute Gasteiger partial charge is 0.414 e. The van der Waals surface area contributed by atoms with Gasteiger partial charge in [-0.1, -0.05) is 48.0 Å². The first-order valence-electron chi connectivity index (χ1n) is 6.64. The van der Waals surface area contributed by atoms with Crippen LogP contribution in [0, 0.1) is 6.92 Å². The monoisotopic (exact) mass is 269 g/mol. The lowest BCUT2D eigenvalue weighted by Crippen LogP contribution is -2.27. The van der Waals surface area contributed by atoms with Gasteiger partial charge >= 0.3 is 6.09 Å². The summed E-state index contributed by atoms with van der Waals surface area (Å²) in [5.41, 5.74) is 2.96. The molecule has 0 aromatic heterocycles. The molecule has 0 aliphatic heterocycles. The third-order valence-electron chi connectivity index (χ3n) is 3.24. The Hall–Kier alpha value is -2.29. The quantitative estimate of drug-likeness (QED) is 0.830. The molecule has 3 nitrogen and oxygen atoms in total. The summed E-state index contributed by atoms with van der Waals surface area (Å²) in [5, 5.41) is 0. The number of amides is 1. The number of ether oxygens (including phenoxy) is 1. The fourth-order valence-corrected chi connectivity index (χ4v) is 1.90. The van der Waals surface area contributed by atoms with Crippen LogP contribution in [0.25, 0.3) is 0 Å². The molecule has 0 fully saturated rings. The summed E-state index contributed by atoms with van der Waals surface area (Å²) in [4.78, 5) is 13.6. The number of benzene rings is 2. The minimum Gasteiger partial charge on any atom is -0.441 e.